The highest BCUT2D eigenvalue weighted by Gasteiger charge is 2.30. The van der Waals surface area contributed by atoms with Crippen LogP contribution in [0.15, 0.2) is 30.5 Å². The van der Waals surface area contributed by atoms with Crippen LogP contribution in [0.3, 0.4) is 0 Å². The lowest BCUT2D eigenvalue weighted by atomic mass is 10.0. The molecule has 1 aromatic heterocycles. The molecule has 5 amide bonds. The lowest BCUT2D eigenvalue weighted by Crippen LogP contribution is -2.58. The number of H-pyrrole nitrogens is 1. The summed E-state index contributed by atoms with van der Waals surface area (Å²) in [4.78, 5) is 75.5. The average Bonchev–Trinajstić information content (AvgIpc) is 3.29. The number of nitrogens with two attached hydrogens (primary N) is 3. The first-order valence-electron chi connectivity index (χ1n) is 12.0. The van der Waals surface area contributed by atoms with E-state index in [9.17, 15) is 33.9 Å². The van der Waals surface area contributed by atoms with Crippen molar-refractivity contribution in [2.45, 2.75) is 56.3 Å². The second kappa shape index (κ2) is 14.7. The van der Waals surface area contributed by atoms with Crippen LogP contribution in [-0.2, 0) is 35.2 Å². The molecular weight excluding hydrogens is 530 g/mol. The van der Waals surface area contributed by atoms with Crippen molar-refractivity contribution >= 4 is 59.0 Å². The number of nitrogens with one attached hydrogen (secondary N) is 4. The van der Waals surface area contributed by atoms with E-state index in [4.69, 9.17) is 17.2 Å². The van der Waals surface area contributed by atoms with E-state index in [2.05, 4.69) is 33.6 Å². The van der Waals surface area contributed by atoms with Crippen molar-refractivity contribution in [3.8, 4) is 0 Å². The SMILES string of the molecule is NC(=O)CCC(N)C(=O)NC(CS)C(=O)NC(Cc1c[nH]c2ccccc12)C(=O)NC(CCC(N)=O)C(=O)O. The molecule has 0 aliphatic carbocycles. The number of primary amides is 2. The van der Waals surface area contributed by atoms with Crippen LogP contribution < -0.4 is 33.2 Å². The van der Waals surface area contributed by atoms with Crippen molar-refractivity contribution in [2.24, 2.45) is 17.2 Å². The number of amides is 5. The number of carbonyl (C=O) groups is 6. The van der Waals surface area contributed by atoms with E-state index in [0.29, 0.717) is 5.56 Å². The maximum absolute atomic E-state index is 13.2. The number of hydrogen-bond acceptors (Lipinski definition) is 8. The number of carboxylic acids is 1. The molecule has 212 valence electrons. The lowest BCUT2D eigenvalue weighted by Gasteiger charge is -2.24. The molecule has 0 aliphatic heterocycles. The van der Waals surface area contributed by atoms with Crippen LogP contribution in [0.25, 0.3) is 10.9 Å². The molecule has 2 aromatic rings. The number of aromatic nitrogens is 1. The molecule has 2 rings (SSSR count). The Morgan fingerprint density at radius 2 is 1.41 bits per heavy atom. The van der Waals surface area contributed by atoms with Gasteiger partial charge in [0.25, 0.3) is 0 Å². The number of hydrogen-bond donors (Lipinski definition) is 9. The van der Waals surface area contributed by atoms with Gasteiger partial charge in [-0.3, -0.25) is 24.0 Å². The van der Waals surface area contributed by atoms with E-state index < -0.39 is 59.7 Å². The van der Waals surface area contributed by atoms with Crippen molar-refractivity contribution in [3.05, 3.63) is 36.0 Å². The predicted octanol–water partition coefficient (Wildman–Crippen LogP) is -1.96. The summed E-state index contributed by atoms with van der Waals surface area (Å²) < 4.78 is 0. The predicted molar refractivity (Wildman–Crippen MR) is 144 cm³/mol. The zero-order valence-electron chi connectivity index (χ0n) is 21.0. The van der Waals surface area contributed by atoms with Gasteiger partial charge in [-0.1, -0.05) is 18.2 Å². The number of aliphatic carboxylic acids is 1. The van der Waals surface area contributed by atoms with E-state index in [1.54, 1.807) is 12.3 Å². The number of benzene rings is 1. The van der Waals surface area contributed by atoms with Gasteiger partial charge in [0.05, 0.1) is 6.04 Å². The minimum atomic E-state index is -1.43. The second-order valence-electron chi connectivity index (χ2n) is 8.88. The van der Waals surface area contributed by atoms with Crippen LogP contribution in [0, 0.1) is 0 Å². The molecule has 0 fully saturated rings. The van der Waals surface area contributed by atoms with Crippen LogP contribution in [0.5, 0.6) is 0 Å². The zero-order valence-corrected chi connectivity index (χ0v) is 21.9. The van der Waals surface area contributed by atoms with E-state index in [1.807, 2.05) is 18.2 Å². The van der Waals surface area contributed by atoms with Crippen molar-refractivity contribution in [2.75, 3.05) is 5.75 Å². The topological polar surface area (TPSA) is 253 Å². The Hall–Kier alpha value is -4.11. The number of para-hydroxylation sites is 1. The fraction of sp³-hybridized carbons (Fsp3) is 0.417. The lowest BCUT2D eigenvalue weighted by molar-refractivity contribution is -0.142. The minimum Gasteiger partial charge on any atom is -0.480 e. The van der Waals surface area contributed by atoms with Crippen LogP contribution in [0.1, 0.15) is 31.2 Å². The van der Waals surface area contributed by atoms with Crippen LogP contribution in [0.2, 0.25) is 0 Å². The largest absolute Gasteiger partial charge is 0.480 e. The Labute approximate surface area is 229 Å². The molecule has 0 spiro atoms. The summed E-state index contributed by atoms with van der Waals surface area (Å²) in [7, 11) is 0. The highest BCUT2D eigenvalue weighted by molar-refractivity contribution is 7.80. The first-order valence-corrected chi connectivity index (χ1v) is 12.7. The standard InChI is InChI=1S/C24H33N7O7S/c25-14(5-7-19(26)32)21(34)31-18(11-39)23(36)30-17(9-12-10-28-15-4-2-1-3-13(12)15)22(35)29-16(24(37)38)6-8-20(27)33/h1-4,10,14,16-18,28,39H,5-9,11,25H2,(H2,26,32)(H2,27,33)(H,29,35)(H,30,36)(H,31,34)(H,37,38). The van der Waals surface area contributed by atoms with E-state index in [1.165, 1.54) is 0 Å². The maximum atomic E-state index is 13.2. The van der Waals surface area contributed by atoms with Gasteiger partial charge in [-0.25, -0.2) is 4.79 Å². The van der Waals surface area contributed by atoms with E-state index in [-0.39, 0.29) is 37.9 Å². The number of carbonyl (C=O) groups excluding carboxylic acids is 5. The van der Waals surface area contributed by atoms with Gasteiger partial charge in [-0.15, -0.1) is 0 Å². The van der Waals surface area contributed by atoms with Crippen LogP contribution >= 0.6 is 12.6 Å². The number of aromatic amines is 1. The Morgan fingerprint density at radius 3 is 2.03 bits per heavy atom. The fourth-order valence-electron chi connectivity index (χ4n) is 3.72. The van der Waals surface area contributed by atoms with Crippen LogP contribution in [-0.4, -0.2) is 75.5 Å². The van der Waals surface area contributed by atoms with Crippen LogP contribution in [0.4, 0.5) is 0 Å². The Morgan fingerprint density at radius 1 is 0.846 bits per heavy atom. The Kier molecular flexibility index (Phi) is 11.7. The summed E-state index contributed by atoms with van der Waals surface area (Å²) >= 11 is 4.11. The zero-order chi connectivity index (χ0) is 29.1. The Bertz CT molecular complexity index is 1220. The molecule has 4 unspecified atom stereocenters. The van der Waals surface area contributed by atoms with Crippen molar-refractivity contribution < 1.29 is 33.9 Å². The third-order valence-electron chi connectivity index (χ3n) is 5.88. The third-order valence-corrected chi connectivity index (χ3v) is 6.25. The molecule has 0 bridgehead atoms. The number of rotatable bonds is 16. The summed E-state index contributed by atoms with van der Waals surface area (Å²) in [5.74, 6) is -5.23. The summed E-state index contributed by atoms with van der Waals surface area (Å²) in [6, 6.07) is 2.24. The third kappa shape index (κ3) is 9.61. The normalized spacial score (nSPS) is 14.0. The molecule has 15 heteroatoms. The number of carboxylic acid groups (broad SMARTS) is 1. The number of fused-ring (bicyclic) bond motifs is 1. The summed E-state index contributed by atoms with van der Waals surface area (Å²) in [5, 5.41) is 17.6. The van der Waals surface area contributed by atoms with Crippen molar-refractivity contribution in [1.29, 1.82) is 0 Å². The van der Waals surface area contributed by atoms with Gasteiger partial charge in [0.2, 0.25) is 29.5 Å². The monoisotopic (exact) mass is 563 g/mol. The average molecular weight is 564 g/mol. The van der Waals surface area contributed by atoms with Gasteiger partial charge in [0.15, 0.2) is 0 Å². The first kappa shape index (κ1) is 31.1. The molecule has 1 aromatic carbocycles. The fourth-order valence-corrected chi connectivity index (χ4v) is 3.98. The molecule has 0 saturated heterocycles. The molecule has 11 N–H and O–H groups in total. The van der Waals surface area contributed by atoms with Gasteiger partial charge in [0.1, 0.15) is 18.1 Å². The maximum Gasteiger partial charge on any atom is 0.326 e. The molecule has 1 heterocycles. The van der Waals surface area contributed by atoms with Crippen molar-refractivity contribution in [1.82, 2.24) is 20.9 Å². The first-order chi connectivity index (χ1) is 18.4. The summed E-state index contributed by atoms with van der Waals surface area (Å²) in [5.41, 5.74) is 17.4. The minimum absolute atomic E-state index is 0.0322. The second-order valence-corrected chi connectivity index (χ2v) is 9.25. The van der Waals surface area contributed by atoms with Gasteiger partial charge in [-0.05, 0) is 24.5 Å². The highest BCUT2D eigenvalue weighted by Crippen LogP contribution is 2.19. The molecule has 4 atom stereocenters. The van der Waals surface area contributed by atoms with E-state index >= 15 is 0 Å². The molecule has 14 nitrogen and oxygen atoms in total. The van der Waals surface area contributed by atoms with Gasteiger partial charge < -0.3 is 43.2 Å². The smallest absolute Gasteiger partial charge is 0.326 e. The Balaban J connectivity index is 2.23. The summed E-state index contributed by atoms with van der Waals surface area (Å²) in [6.45, 7) is 0. The van der Waals surface area contributed by atoms with Gasteiger partial charge in [0, 0.05) is 42.1 Å². The molecule has 0 aliphatic rings. The number of thiol groups is 1. The van der Waals surface area contributed by atoms with Gasteiger partial charge in [-0.2, -0.15) is 12.6 Å². The molecular formula is C24H33N7O7S. The van der Waals surface area contributed by atoms with E-state index in [0.717, 1.165) is 10.9 Å². The highest BCUT2D eigenvalue weighted by atomic mass is 32.1. The van der Waals surface area contributed by atoms with Crippen molar-refractivity contribution in [3.63, 3.8) is 0 Å². The molecule has 0 saturated carbocycles. The molecule has 0 radical (unpaired) electrons. The van der Waals surface area contributed by atoms with Gasteiger partial charge >= 0.3 is 5.97 Å². The molecule has 39 heavy (non-hydrogen) atoms. The quantitative estimate of drug-likeness (QED) is 0.103. The summed E-state index contributed by atoms with van der Waals surface area (Å²) in [6.07, 6.45) is 0.946.